The molecule has 2 aliphatic rings. The van der Waals surface area contributed by atoms with Crippen LogP contribution in [0.3, 0.4) is 0 Å². The summed E-state index contributed by atoms with van der Waals surface area (Å²) >= 11 is -2.63. The van der Waals surface area contributed by atoms with Gasteiger partial charge in [-0.25, -0.2) is 0 Å². The molecule has 1 unspecified atom stereocenters. The van der Waals surface area contributed by atoms with Gasteiger partial charge in [-0.05, 0) is 0 Å². The number of benzene rings is 3. The molecule has 0 saturated carbocycles. The monoisotopic (exact) mass is 746 g/mol. The molecule has 1 atom stereocenters. The normalized spacial score (nSPS) is 16.4. The van der Waals surface area contributed by atoms with Gasteiger partial charge in [-0.2, -0.15) is 0 Å². The first-order valence-electron chi connectivity index (χ1n) is 17.4. The van der Waals surface area contributed by atoms with Crippen LogP contribution in [0, 0.1) is 25.2 Å². The molecule has 252 valence electrons. The average Bonchev–Trinajstić information content (AvgIpc) is 3.50. The van der Waals surface area contributed by atoms with E-state index in [9.17, 15) is 0 Å². The van der Waals surface area contributed by atoms with Gasteiger partial charge in [0.2, 0.25) is 0 Å². The van der Waals surface area contributed by atoms with E-state index in [0.717, 1.165) is 0 Å². The Morgan fingerprint density at radius 2 is 1.19 bits per heavy atom. The molecule has 47 heavy (non-hydrogen) atoms. The fourth-order valence-corrected chi connectivity index (χ4v) is 17.1. The van der Waals surface area contributed by atoms with Crippen molar-refractivity contribution in [1.82, 2.24) is 0 Å². The number of halogens is 2. The van der Waals surface area contributed by atoms with Crippen molar-refractivity contribution < 1.29 is 46.1 Å². The van der Waals surface area contributed by atoms with Crippen LogP contribution in [-0.4, -0.2) is 3.21 Å². The fraction of sp³-hybridized carbons (Fsp3) is 0.477. The number of hydrogen-bond acceptors (Lipinski definition) is 0. The number of fused-ring (bicyclic) bond motifs is 3. The van der Waals surface area contributed by atoms with E-state index in [1.165, 1.54) is 58.2 Å². The third-order valence-corrected chi connectivity index (χ3v) is 18.8. The van der Waals surface area contributed by atoms with E-state index in [2.05, 4.69) is 157 Å². The minimum absolute atomic E-state index is 0. The molecule has 2 aliphatic carbocycles. The maximum atomic E-state index is 2.71. The molecular weight excluding hydrogens is 691 g/mol. The first-order chi connectivity index (χ1) is 20.9. The minimum atomic E-state index is -2.63. The summed E-state index contributed by atoms with van der Waals surface area (Å²) in [6.45, 7) is 31.1. The molecule has 0 nitrogen and oxygen atoms in total. The molecule has 0 heterocycles. The third kappa shape index (κ3) is 7.95. The van der Waals surface area contributed by atoms with Crippen molar-refractivity contribution in [2.75, 3.05) is 0 Å². The first kappa shape index (κ1) is 39.9. The summed E-state index contributed by atoms with van der Waals surface area (Å²) in [5.74, 6) is 0.560. The van der Waals surface area contributed by atoms with E-state index >= 15 is 0 Å². The van der Waals surface area contributed by atoms with Crippen molar-refractivity contribution in [3.05, 3.63) is 115 Å². The van der Waals surface area contributed by atoms with Gasteiger partial charge in [0.1, 0.15) is 0 Å². The molecule has 0 saturated heterocycles. The second-order valence-corrected chi connectivity index (χ2v) is 23.8. The Balaban J connectivity index is 0.00000300. The third-order valence-electron chi connectivity index (χ3n) is 10.4. The van der Waals surface area contributed by atoms with E-state index in [1.54, 1.807) is 19.9 Å². The Bertz CT molecular complexity index is 1630. The molecule has 3 aromatic rings. The summed E-state index contributed by atoms with van der Waals surface area (Å²) < 4.78 is 3.98. The second kappa shape index (κ2) is 14.8. The predicted molar refractivity (Wildman–Crippen MR) is 195 cm³/mol. The SMILES string of the molecule is CCCCC1C=C(C(C)(C)C)C=[C]1/[Zr+2](=[C](\C)c1ccccc1)[CH]1c2cc(C)c(C(C)(C)C)cc2-c2cc(C(C)(C)C)c(C)cc21.[Cl-].[Cl-]. The summed E-state index contributed by atoms with van der Waals surface area (Å²) in [5.41, 5.74) is 15.4. The molecule has 0 fully saturated rings. The molecule has 0 aromatic heterocycles. The van der Waals surface area contributed by atoms with Crippen LogP contribution in [0.2, 0.25) is 0 Å². The van der Waals surface area contributed by atoms with Crippen LogP contribution in [0.5, 0.6) is 0 Å². The molecule has 0 radical (unpaired) electrons. The predicted octanol–water partition coefficient (Wildman–Crippen LogP) is 6.51. The van der Waals surface area contributed by atoms with Crippen molar-refractivity contribution in [1.29, 1.82) is 0 Å². The quantitative estimate of drug-likeness (QED) is 0.270. The summed E-state index contributed by atoms with van der Waals surface area (Å²) in [6, 6.07) is 21.9. The van der Waals surface area contributed by atoms with Gasteiger partial charge in [0, 0.05) is 0 Å². The smallest absolute Gasteiger partial charge is 1.00 e. The maximum Gasteiger partial charge on any atom is -1.00 e. The largest absolute Gasteiger partial charge is 1.00 e. The Kier molecular flexibility index (Phi) is 12.5. The summed E-state index contributed by atoms with van der Waals surface area (Å²) in [7, 11) is 0. The summed E-state index contributed by atoms with van der Waals surface area (Å²) in [5, 5.41) is 0. The van der Waals surface area contributed by atoms with Gasteiger partial charge in [-0.15, -0.1) is 0 Å². The van der Waals surface area contributed by atoms with Crippen molar-refractivity contribution in [2.24, 2.45) is 11.3 Å². The average molecular weight is 749 g/mol. The van der Waals surface area contributed by atoms with Crippen LogP contribution in [0.15, 0.2) is 75.6 Å². The Labute approximate surface area is 307 Å². The number of unbranched alkanes of at least 4 members (excludes halogenated alkanes) is 1. The van der Waals surface area contributed by atoms with Crippen molar-refractivity contribution in [3.8, 4) is 11.1 Å². The van der Waals surface area contributed by atoms with Crippen LogP contribution in [0.25, 0.3) is 11.1 Å². The standard InChI is InChI=1S/C23H29.C13H21.C8H8.2ClH.Zr/c1-14-9-16-11-17-10-15(2)21(23(6,7)8)13-19(17)18(16)12-20(14)22(3,4)5;1-5-6-7-11-8-9-12(10-11)13(2,3)4;1-2-8-6-4-3-5-7-8;;;/h9-13H,1-8H3;9-11H,5-7H2,1-4H3;3-7H,1H3;2*1H;/q;;;;;+2/p-2. The zero-order valence-electron chi connectivity index (χ0n) is 31.4. The minimum Gasteiger partial charge on any atom is -1.00 e. The van der Waals surface area contributed by atoms with Crippen LogP contribution in [0.4, 0.5) is 0 Å². The van der Waals surface area contributed by atoms with Gasteiger partial charge in [-0.3, -0.25) is 0 Å². The number of hydrogen-bond donors (Lipinski definition) is 0. The summed E-state index contributed by atoms with van der Waals surface area (Å²) in [4.78, 5) is 0. The molecule has 3 aromatic carbocycles. The summed E-state index contributed by atoms with van der Waals surface area (Å²) in [6.07, 6.45) is 9.21. The number of aryl methyl sites for hydroxylation is 2. The molecule has 0 bridgehead atoms. The first-order valence-corrected chi connectivity index (χ1v) is 21.3. The van der Waals surface area contributed by atoms with Crippen molar-refractivity contribution in [3.63, 3.8) is 0 Å². The van der Waals surface area contributed by atoms with Crippen LogP contribution in [-0.2, 0) is 32.1 Å². The van der Waals surface area contributed by atoms with Crippen molar-refractivity contribution >= 4 is 3.21 Å². The molecule has 5 rings (SSSR count). The van der Waals surface area contributed by atoms with Crippen LogP contribution in [0.1, 0.15) is 138 Å². The Hall–Kier alpha value is -1.53. The maximum absolute atomic E-state index is 2.71. The molecule has 0 aliphatic heterocycles. The van der Waals surface area contributed by atoms with E-state index in [4.69, 9.17) is 0 Å². The van der Waals surface area contributed by atoms with Gasteiger partial charge >= 0.3 is 285 Å². The molecule has 3 heteroatoms. The van der Waals surface area contributed by atoms with Gasteiger partial charge in [0.15, 0.2) is 0 Å². The molecule has 0 amide bonds. The van der Waals surface area contributed by atoms with E-state index in [0.29, 0.717) is 9.54 Å². The zero-order valence-corrected chi connectivity index (χ0v) is 35.4. The van der Waals surface area contributed by atoms with Crippen LogP contribution < -0.4 is 24.8 Å². The fourth-order valence-electron chi connectivity index (χ4n) is 7.98. The van der Waals surface area contributed by atoms with E-state index in [-0.39, 0.29) is 41.1 Å². The van der Waals surface area contributed by atoms with Crippen molar-refractivity contribution in [2.45, 2.75) is 124 Å². The van der Waals surface area contributed by atoms with Gasteiger partial charge in [0.05, 0.1) is 0 Å². The zero-order chi connectivity index (χ0) is 33.1. The van der Waals surface area contributed by atoms with E-state index < -0.39 is 21.3 Å². The van der Waals surface area contributed by atoms with Gasteiger partial charge in [-0.1, -0.05) is 0 Å². The topological polar surface area (TPSA) is 0 Å². The van der Waals surface area contributed by atoms with Gasteiger partial charge in [0.25, 0.3) is 0 Å². The number of allylic oxidation sites excluding steroid dienone is 4. The second-order valence-electron chi connectivity index (χ2n) is 17.1. The van der Waals surface area contributed by atoms with E-state index in [1.807, 2.05) is 3.28 Å². The van der Waals surface area contributed by atoms with Gasteiger partial charge < -0.3 is 24.8 Å². The Morgan fingerprint density at radius 1 is 0.702 bits per heavy atom. The molecule has 0 spiro atoms. The Morgan fingerprint density at radius 3 is 1.62 bits per heavy atom. The molecule has 0 N–H and O–H groups in total. The molecular formula is C44H58Cl2Zr. The number of rotatable bonds is 6. The van der Waals surface area contributed by atoms with Crippen LogP contribution >= 0.6 is 0 Å².